The number of nitrogens with zero attached hydrogens (tertiary/aromatic N) is 5. The topological polar surface area (TPSA) is 244 Å². The van der Waals surface area contributed by atoms with Crippen LogP contribution in [0.1, 0.15) is 96.1 Å². The van der Waals surface area contributed by atoms with Gasteiger partial charge >= 0.3 is 11.9 Å². The predicted molar refractivity (Wildman–Crippen MR) is 350 cm³/mol. The number of hydrogen-bond acceptors (Lipinski definition) is 18. The highest BCUT2D eigenvalue weighted by atomic mass is 32.2. The minimum Gasteiger partial charge on any atom is -0.378 e. The van der Waals surface area contributed by atoms with Crippen LogP contribution in [-0.4, -0.2) is 82.6 Å². The monoisotopic (exact) mass is 1250 g/mol. The fourth-order valence-electron chi connectivity index (χ4n) is 9.51. The van der Waals surface area contributed by atoms with Gasteiger partial charge in [-0.2, -0.15) is 0 Å². The van der Waals surface area contributed by atoms with Crippen LogP contribution in [0.25, 0.3) is 11.1 Å². The summed E-state index contributed by atoms with van der Waals surface area (Å²) in [5, 5.41) is 30.8. The van der Waals surface area contributed by atoms with Crippen molar-refractivity contribution in [3.63, 3.8) is 0 Å². The van der Waals surface area contributed by atoms with E-state index in [-0.39, 0.29) is 64.0 Å². The summed E-state index contributed by atoms with van der Waals surface area (Å²) in [5.74, 6) is -2.94. The van der Waals surface area contributed by atoms with E-state index in [2.05, 4.69) is 15.2 Å². The van der Waals surface area contributed by atoms with Gasteiger partial charge in [0.05, 0.1) is 34.2 Å². The van der Waals surface area contributed by atoms with Gasteiger partial charge in [0.2, 0.25) is 11.6 Å². The summed E-state index contributed by atoms with van der Waals surface area (Å²) in [6.07, 6.45) is 0. The van der Waals surface area contributed by atoms with Crippen LogP contribution >= 0.6 is 23.5 Å². The number of rotatable bonds is 20. The summed E-state index contributed by atoms with van der Waals surface area (Å²) < 4.78 is 5.41. The maximum absolute atomic E-state index is 13.5. The Morgan fingerprint density at radius 2 is 0.769 bits per heavy atom. The summed E-state index contributed by atoms with van der Waals surface area (Å²) in [6.45, 7) is 8.51. The molecule has 0 N–H and O–H groups in total. The van der Waals surface area contributed by atoms with E-state index in [9.17, 15) is 49.0 Å². The van der Waals surface area contributed by atoms with Crippen molar-refractivity contribution in [2.24, 2.45) is 10.3 Å². The maximum Gasteiger partial charge on any atom is 0.332 e. The molecule has 0 aliphatic carbocycles. The van der Waals surface area contributed by atoms with Gasteiger partial charge in [-0.1, -0.05) is 120 Å². The van der Waals surface area contributed by atoms with Crippen LogP contribution in [0.2, 0.25) is 0 Å². The minimum absolute atomic E-state index is 0. The van der Waals surface area contributed by atoms with E-state index in [0.29, 0.717) is 46.6 Å². The van der Waals surface area contributed by atoms with E-state index in [1.165, 1.54) is 47.8 Å². The van der Waals surface area contributed by atoms with Crippen molar-refractivity contribution in [2.75, 3.05) is 31.2 Å². The first-order valence-corrected chi connectivity index (χ1v) is 29.6. The number of nitro benzene ring substituents is 2. The third kappa shape index (κ3) is 16.9. The van der Waals surface area contributed by atoms with E-state index < -0.39 is 33.4 Å². The molecule has 1 heterocycles. The van der Waals surface area contributed by atoms with Gasteiger partial charge in [-0.15, -0.1) is 0 Å². The van der Waals surface area contributed by atoms with Gasteiger partial charge < -0.3 is 19.3 Å². The van der Waals surface area contributed by atoms with E-state index in [1.54, 1.807) is 98.8 Å². The van der Waals surface area contributed by atoms with Gasteiger partial charge in [0.25, 0.3) is 11.4 Å². The van der Waals surface area contributed by atoms with Crippen LogP contribution in [-0.2, 0) is 24.0 Å². The molecule has 0 radical (unpaired) electrons. The highest BCUT2D eigenvalue weighted by Gasteiger charge is 2.30. The summed E-state index contributed by atoms with van der Waals surface area (Å²) >= 11 is 2.88. The first-order valence-electron chi connectivity index (χ1n) is 27.9. The summed E-state index contributed by atoms with van der Waals surface area (Å²) in [5.41, 5.74) is 5.46. The first kappa shape index (κ1) is 66.2. The fourth-order valence-corrected chi connectivity index (χ4v) is 11.1. The smallest absolute Gasteiger partial charge is 0.332 e. The SMILES string of the molecule is C.CC(=O)O/N=C(\C(=O)c1ccc(Sc2ccc(C(=O)c3ccc(-c4ccccc4)cc3)cc2)cc1)c1c(C)cccc1[N+](=O)[O-].CC(=O)O/N=C(\C(=O)c1ccc(Sc2ccc(C(=O)c3ccc(N4CCOCC4)cc3)cc2)cc1)c1c(C)cccc1[N+](=O)[O-]. The number of Topliss-reactive ketones (excluding diaryl/α,β-unsaturated/α-hetero) is 2. The Morgan fingerprint density at radius 1 is 0.440 bits per heavy atom. The number of carbonyl (C=O) groups is 6. The molecule has 0 saturated carbocycles. The number of nitro groups is 2. The molecule has 0 atom stereocenters. The number of oxime groups is 2. The molecule has 0 spiro atoms. The number of carbonyl (C=O) groups excluding carboxylic acids is 6. The van der Waals surface area contributed by atoms with Gasteiger partial charge in [-0.3, -0.25) is 39.4 Å². The van der Waals surface area contributed by atoms with Crippen molar-refractivity contribution < 1.29 is 53.0 Å². The molecule has 0 aromatic heterocycles. The lowest BCUT2D eigenvalue weighted by Crippen LogP contribution is -2.36. The van der Waals surface area contributed by atoms with Crippen molar-refractivity contribution in [3.8, 4) is 11.1 Å². The molecule has 1 saturated heterocycles. The van der Waals surface area contributed by atoms with Crippen LogP contribution in [0, 0.1) is 34.1 Å². The molecule has 9 aromatic rings. The zero-order chi connectivity index (χ0) is 63.8. The molecule has 20 heteroatoms. The molecule has 0 bridgehead atoms. The predicted octanol–water partition coefficient (Wildman–Crippen LogP) is 15.0. The zero-order valence-corrected chi connectivity index (χ0v) is 50.5. The fraction of sp³-hybridized carbons (Fsp3) is 0.127. The van der Waals surface area contributed by atoms with Crippen molar-refractivity contribution in [3.05, 3.63) is 288 Å². The number of benzene rings is 9. The molecule has 0 amide bonds. The standard InChI is InChI=1S/C36H26N2O6S.C34H29N3O7S.CH4/c1-23-7-6-10-32(38(42)43)33(23)34(37-44-24(2)39)36(41)29-17-21-31(22-18-29)45-30-19-15-28(16-20-30)35(40)27-13-11-26(12-14-27)25-8-4-3-5-9-25;1-22-4-3-5-30(37(41)42)31(22)32(35-44-23(2)38)34(40)26-10-16-29(17-11-26)45-28-14-8-25(9-15-28)33(39)24-6-12-27(13-7-24)36-18-20-43-21-19-36;/h3-22H,1-2H3;3-17H,18-21H2,1-2H3;1H4/b37-34-;35-32-;. The Labute approximate surface area is 532 Å². The van der Waals surface area contributed by atoms with Crippen molar-refractivity contribution in [1.82, 2.24) is 0 Å². The molecule has 9 aromatic carbocycles. The largest absolute Gasteiger partial charge is 0.378 e. The van der Waals surface area contributed by atoms with Crippen LogP contribution < -0.4 is 4.90 Å². The van der Waals surface area contributed by atoms with Gasteiger partial charge in [0, 0.05) is 97.7 Å². The van der Waals surface area contributed by atoms with Gasteiger partial charge in [-0.25, -0.2) is 9.59 Å². The van der Waals surface area contributed by atoms with Crippen molar-refractivity contribution >= 4 is 87.1 Å². The Balaban J connectivity index is 0.000000232. The molecule has 1 aliphatic heterocycles. The Morgan fingerprint density at radius 3 is 1.12 bits per heavy atom. The Kier molecular flexibility index (Phi) is 22.5. The minimum atomic E-state index is -0.767. The average Bonchev–Trinajstić information content (AvgIpc) is 1.09. The van der Waals surface area contributed by atoms with Gasteiger partial charge in [0.15, 0.2) is 23.0 Å². The molecule has 10 rings (SSSR count). The van der Waals surface area contributed by atoms with Crippen LogP contribution in [0.3, 0.4) is 0 Å². The normalized spacial score (nSPS) is 12.1. The number of hydrogen-bond donors (Lipinski definition) is 0. The van der Waals surface area contributed by atoms with Crippen LogP contribution in [0.15, 0.2) is 242 Å². The number of ketones is 4. The zero-order valence-electron chi connectivity index (χ0n) is 48.9. The molecule has 1 fully saturated rings. The highest BCUT2D eigenvalue weighted by Crippen LogP contribution is 2.33. The van der Waals surface area contributed by atoms with Gasteiger partial charge in [-0.05, 0) is 157 Å². The number of morpholine rings is 1. The lowest BCUT2D eigenvalue weighted by molar-refractivity contribution is -0.385. The second-order valence-corrected chi connectivity index (χ2v) is 22.5. The second kappa shape index (κ2) is 30.9. The van der Waals surface area contributed by atoms with E-state index in [1.807, 2.05) is 103 Å². The van der Waals surface area contributed by atoms with Crippen molar-refractivity contribution in [2.45, 2.75) is 54.7 Å². The summed E-state index contributed by atoms with van der Waals surface area (Å²) in [7, 11) is 0. The Bertz CT molecular complexity index is 4230. The van der Waals surface area contributed by atoms with Gasteiger partial charge in [0.1, 0.15) is 0 Å². The Hall–Kier alpha value is -10.8. The summed E-state index contributed by atoms with van der Waals surface area (Å²) in [6, 6.07) is 61.7. The molecule has 1 aliphatic rings. The molecule has 91 heavy (non-hydrogen) atoms. The van der Waals surface area contributed by atoms with E-state index in [0.717, 1.165) is 63.3 Å². The molecular formula is C71H59N5O13S2. The third-order valence-electron chi connectivity index (χ3n) is 14.0. The quantitative estimate of drug-likeness (QED) is 0.0226. The third-order valence-corrected chi connectivity index (χ3v) is 16.1. The second-order valence-electron chi connectivity index (χ2n) is 20.2. The van der Waals surface area contributed by atoms with Crippen LogP contribution in [0.4, 0.5) is 17.1 Å². The summed E-state index contributed by atoms with van der Waals surface area (Å²) in [4.78, 5) is 113. The lowest BCUT2D eigenvalue weighted by Gasteiger charge is -2.28. The van der Waals surface area contributed by atoms with Crippen molar-refractivity contribution in [1.29, 1.82) is 0 Å². The number of aryl methyl sites for hydroxylation is 2. The molecule has 458 valence electrons. The maximum atomic E-state index is 13.5. The van der Waals surface area contributed by atoms with E-state index in [4.69, 9.17) is 14.4 Å². The average molecular weight is 1250 g/mol. The molecular weight excluding hydrogens is 1190 g/mol. The lowest BCUT2D eigenvalue weighted by atomic mass is 9.96. The number of ether oxygens (including phenoxy) is 1. The van der Waals surface area contributed by atoms with Crippen LogP contribution in [0.5, 0.6) is 0 Å². The number of anilines is 1. The van der Waals surface area contributed by atoms with E-state index >= 15 is 0 Å². The highest BCUT2D eigenvalue weighted by molar-refractivity contribution is 7.99. The first-order chi connectivity index (χ1) is 43.4. The molecule has 0 unspecified atom stereocenters. The molecule has 18 nitrogen and oxygen atoms in total.